The van der Waals surface area contributed by atoms with Gasteiger partial charge in [0.15, 0.2) is 15.6 Å². The van der Waals surface area contributed by atoms with E-state index in [1.165, 1.54) is 31.2 Å². The van der Waals surface area contributed by atoms with E-state index in [0.717, 1.165) is 6.26 Å². The fraction of sp³-hybridized carbons (Fsp3) is 0.300. The third-order valence-corrected chi connectivity index (χ3v) is 3.14. The van der Waals surface area contributed by atoms with Crippen LogP contribution in [-0.2, 0) is 14.6 Å². The van der Waals surface area contributed by atoms with Crippen LogP contribution in [0.3, 0.4) is 0 Å². The van der Waals surface area contributed by atoms with Crippen molar-refractivity contribution in [2.45, 2.75) is 17.9 Å². The Balaban J connectivity index is 3.06. The third kappa shape index (κ3) is 2.87. The van der Waals surface area contributed by atoms with E-state index in [1.807, 2.05) is 0 Å². The van der Waals surface area contributed by atoms with Crippen molar-refractivity contribution in [3.63, 3.8) is 0 Å². The van der Waals surface area contributed by atoms with Crippen LogP contribution in [0.1, 0.15) is 18.6 Å². The minimum absolute atomic E-state index is 0.169. The Morgan fingerprint density at radius 2 is 1.73 bits per heavy atom. The van der Waals surface area contributed by atoms with Crippen molar-refractivity contribution in [3.05, 3.63) is 29.8 Å². The van der Waals surface area contributed by atoms with Crippen LogP contribution in [0.5, 0.6) is 0 Å². The van der Waals surface area contributed by atoms with Gasteiger partial charge in [-0.15, -0.1) is 0 Å². The zero-order chi connectivity index (χ0) is 11.6. The lowest BCUT2D eigenvalue weighted by Gasteiger charge is -2.07. The number of carbonyl (C=O) groups excluding carboxylic acids is 1. The van der Waals surface area contributed by atoms with E-state index in [2.05, 4.69) is 0 Å². The highest BCUT2D eigenvalue weighted by Gasteiger charge is 2.13. The molecule has 82 valence electrons. The van der Waals surface area contributed by atoms with Crippen LogP contribution >= 0.6 is 0 Å². The maximum atomic E-state index is 11.1. The summed E-state index contributed by atoms with van der Waals surface area (Å²) in [6, 6.07) is 5.61. The summed E-state index contributed by atoms with van der Waals surface area (Å²) >= 11 is 0. The molecule has 1 rings (SSSR count). The molecule has 0 aliphatic carbocycles. The summed E-state index contributed by atoms with van der Waals surface area (Å²) in [6.45, 7) is 1.27. The van der Waals surface area contributed by atoms with E-state index in [1.54, 1.807) is 0 Å². The molecule has 1 atom stereocenters. The number of hydrogen-bond acceptors (Lipinski definition) is 4. The summed E-state index contributed by atoms with van der Waals surface area (Å²) in [6.07, 6.45) is -0.0812. The first-order valence-electron chi connectivity index (χ1n) is 4.31. The average Bonchev–Trinajstić information content (AvgIpc) is 2.15. The largest absolute Gasteiger partial charge is 0.381 e. The number of ketones is 1. The van der Waals surface area contributed by atoms with Crippen molar-refractivity contribution in [1.29, 1.82) is 0 Å². The highest BCUT2D eigenvalue weighted by atomic mass is 32.2. The number of sulfone groups is 1. The zero-order valence-corrected chi connectivity index (χ0v) is 9.28. The Morgan fingerprint density at radius 3 is 2.07 bits per heavy atom. The minimum atomic E-state index is -3.23. The topological polar surface area (TPSA) is 71.4 Å². The summed E-state index contributed by atoms with van der Waals surface area (Å²) in [7, 11) is -3.23. The first-order valence-corrected chi connectivity index (χ1v) is 6.20. The monoisotopic (exact) mass is 228 g/mol. The molecule has 4 nitrogen and oxygen atoms in total. The van der Waals surface area contributed by atoms with Crippen LogP contribution in [0.2, 0.25) is 0 Å². The van der Waals surface area contributed by atoms with E-state index < -0.39 is 15.9 Å². The SMILES string of the molecule is CC(=O)C(O)c1ccc(S(C)(=O)=O)cc1. The Bertz CT molecular complexity index is 459. The van der Waals surface area contributed by atoms with Gasteiger partial charge in [0, 0.05) is 6.26 Å². The summed E-state index contributed by atoms with van der Waals surface area (Å²) in [5.41, 5.74) is 0.398. The third-order valence-electron chi connectivity index (χ3n) is 2.01. The molecule has 0 aliphatic heterocycles. The molecule has 0 amide bonds. The van der Waals surface area contributed by atoms with Gasteiger partial charge in [0.05, 0.1) is 4.90 Å². The number of Topliss-reactive ketones (excluding diaryl/α,β-unsaturated/α-hetero) is 1. The lowest BCUT2D eigenvalue weighted by Crippen LogP contribution is -2.07. The second-order valence-corrected chi connectivity index (χ2v) is 5.37. The standard InChI is InChI=1S/C10H12O4S/c1-7(11)10(12)8-3-5-9(6-4-8)15(2,13)14/h3-6,10,12H,1-2H3. The first kappa shape index (κ1) is 11.9. The first-order chi connectivity index (χ1) is 6.82. The van der Waals surface area contributed by atoms with Gasteiger partial charge in [0.25, 0.3) is 0 Å². The van der Waals surface area contributed by atoms with E-state index in [4.69, 9.17) is 0 Å². The molecule has 1 N–H and O–H groups in total. The molecule has 0 heterocycles. The van der Waals surface area contributed by atoms with Gasteiger partial charge < -0.3 is 5.11 Å². The van der Waals surface area contributed by atoms with Crippen LogP contribution < -0.4 is 0 Å². The van der Waals surface area contributed by atoms with Crippen LogP contribution in [0, 0.1) is 0 Å². The zero-order valence-electron chi connectivity index (χ0n) is 8.47. The van der Waals surface area contributed by atoms with Crippen molar-refractivity contribution in [3.8, 4) is 0 Å². The average molecular weight is 228 g/mol. The molecule has 0 aliphatic rings. The fourth-order valence-electron chi connectivity index (χ4n) is 1.13. The molecule has 15 heavy (non-hydrogen) atoms. The molecule has 1 unspecified atom stereocenters. The Morgan fingerprint density at radius 1 is 1.27 bits per heavy atom. The lowest BCUT2D eigenvalue weighted by atomic mass is 10.1. The molecule has 1 aromatic rings. The summed E-state index contributed by atoms with van der Waals surface area (Å²) in [5, 5.41) is 9.39. The van der Waals surface area contributed by atoms with Crippen LogP contribution in [0.15, 0.2) is 29.2 Å². The van der Waals surface area contributed by atoms with Crippen LogP contribution in [0.4, 0.5) is 0 Å². The maximum absolute atomic E-state index is 11.1. The van der Waals surface area contributed by atoms with Crippen molar-refractivity contribution in [2.75, 3.05) is 6.26 Å². The van der Waals surface area contributed by atoms with Gasteiger partial charge in [-0.05, 0) is 24.6 Å². The number of rotatable bonds is 3. The summed E-state index contributed by atoms with van der Waals surface area (Å²) < 4.78 is 22.2. The van der Waals surface area contributed by atoms with Crippen molar-refractivity contribution in [2.24, 2.45) is 0 Å². The second kappa shape index (κ2) is 4.12. The molecule has 0 spiro atoms. The van der Waals surface area contributed by atoms with Crippen molar-refractivity contribution in [1.82, 2.24) is 0 Å². The number of hydrogen-bond donors (Lipinski definition) is 1. The molecule has 0 fully saturated rings. The van der Waals surface area contributed by atoms with Gasteiger partial charge in [-0.25, -0.2) is 8.42 Å². The number of benzene rings is 1. The van der Waals surface area contributed by atoms with Crippen molar-refractivity contribution >= 4 is 15.6 Å². The van der Waals surface area contributed by atoms with Gasteiger partial charge in [0.2, 0.25) is 0 Å². The molecule has 5 heteroatoms. The molecule has 0 bridgehead atoms. The quantitative estimate of drug-likeness (QED) is 0.827. The minimum Gasteiger partial charge on any atom is -0.381 e. The smallest absolute Gasteiger partial charge is 0.175 e. The molecule has 0 saturated carbocycles. The van der Waals surface area contributed by atoms with Gasteiger partial charge in [0.1, 0.15) is 6.10 Å². The number of aliphatic hydroxyl groups excluding tert-OH is 1. The van der Waals surface area contributed by atoms with Gasteiger partial charge in [-0.3, -0.25) is 4.79 Å². The highest BCUT2D eigenvalue weighted by Crippen LogP contribution is 2.16. The maximum Gasteiger partial charge on any atom is 0.175 e. The Labute approximate surface area is 88.5 Å². The fourth-order valence-corrected chi connectivity index (χ4v) is 1.76. The molecule has 0 aromatic heterocycles. The van der Waals surface area contributed by atoms with Crippen LogP contribution in [0.25, 0.3) is 0 Å². The van der Waals surface area contributed by atoms with Gasteiger partial charge in [-0.1, -0.05) is 12.1 Å². The molecule has 0 saturated heterocycles. The number of carbonyl (C=O) groups is 1. The molecule has 1 aromatic carbocycles. The van der Waals surface area contributed by atoms with Crippen LogP contribution in [-0.4, -0.2) is 25.6 Å². The lowest BCUT2D eigenvalue weighted by molar-refractivity contribution is -0.125. The Kier molecular flexibility index (Phi) is 3.26. The predicted molar refractivity (Wildman–Crippen MR) is 55.2 cm³/mol. The molecular weight excluding hydrogens is 216 g/mol. The predicted octanol–water partition coefficient (Wildman–Crippen LogP) is 0.713. The van der Waals surface area contributed by atoms with E-state index in [0.29, 0.717) is 5.56 Å². The normalized spacial score (nSPS) is 13.5. The van der Waals surface area contributed by atoms with Gasteiger partial charge >= 0.3 is 0 Å². The Hall–Kier alpha value is -1.20. The van der Waals surface area contributed by atoms with Crippen molar-refractivity contribution < 1.29 is 18.3 Å². The highest BCUT2D eigenvalue weighted by molar-refractivity contribution is 7.90. The number of aliphatic hydroxyl groups is 1. The van der Waals surface area contributed by atoms with E-state index in [-0.39, 0.29) is 10.7 Å². The second-order valence-electron chi connectivity index (χ2n) is 3.35. The summed E-state index contributed by atoms with van der Waals surface area (Å²) in [4.78, 5) is 11.0. The van der Waals surface area contributed by atoms with E-state index >= 15 is 0 Å². The van der Waals surface area contributed by atoms with Gasteiger partial charge in [-0.2, -0.15) is 0 Å². The molecular formula is C10H12O4S. The summed E-state index contributed by atoms with van der Waals surface area (Å²) in [5.74, 6) is -0.373. The molecule has 0 radical (unpaired) electrons. The van der Waals surface area contributed by atoms with E-state index in [9.17, 15) is 18.3 Å².